The number of hydrogen-bond donors (Lipinski definition) is 1. The van der Waals surface area contributed by atoms with E-state index in [0.717, 1.165) is 23.6 Å². The number of methoxy groups -OCH3 is 2. The molecule has 2 rings (SSSR count). The van der Waals surface area contributed by atoms with Crippen LogP contribution in [-0.4, -0.2) is 40.3 Å². The lowest BCUT2D eigenvalue weighted by molar-refractivity contribution is -0.124. The van der Waals surface area contributed by atoms with Gasteiger partial charge in [-0.2, -0.15) is 0 Å². The predicted molar refractivity (Wildman–Crippen MR) is 71.7 cm³/mol. The second kappa shape index (κ2) is 6.75. The maximum absolute atomic E-state index is 5.61. The van der Waals surface area contributed by atoms with Gasteiger partial charge in [-0.05, 0) is 24.2 Å². The Labute approximate surface area is 113 Å². The summed E-state index contributed by atoms with van der Waals surface area (Å²) >= 11 is 0. The first-order chi connectivity index (χ1) is 9.30. The van der Waals surface area contributed by atoms with Crippen molar-refractivity contribution in [1.29, 1.82) is 0 Å². The van der Waals surface area contributed by atoms with Gasteiger partial charge in [-0.1, -0.05) is 13.0 Å². The number of benzene rings is 1. The minimum absolute atomic E-state index is 0.0455. The van der Waals surface area contributed by atoms with E-state index in [1.807, 2.05) is 25.1 Å². The normalized spacial score (nSPS) is 15.6. The molecule has 0 bridgehead atoms. The van der Waals surface area contributed by atoms with Crippen LogP contribution in [0.1, 0.15) is 18.5 Å². The molecule has 1 aliphatic heterocycles. The van der Waals surface area contributed by atoms with E-state index in [9.17, 15) is 0 Å². The largest absolute Gasteiger partial charge is 0.486 e. The molecule has 1 heterocycles. The highest BCUT2D eigenvalue weighted by Crippen LogP contribution is 2.33. The summed E-state index contributed by atoms with van der Waals surface area (Å²) < 4.78 is 21.8. The van der Waals surface area contributed by atoms with E-state index < -0.39 is 0 Å². The van der Waals surface area contributed by atoms with Gasteiger partial charge in [0.05, 0.1) is 6.04 Å². The molecule has 1 unspecified atom stereocenters. The van der Waals surface area contributed by atoms with Gasteiger partial charge in [0.15, 0.2) is 17.8 Å². The van der Waals surface area contributed by atoms with Gasteiger partial charge < -0.3 is 24.3 Å². The van der Waals surface area contributed by atoms with Crippen molar-refractivity contribution < 1.29 is 18.9 Å². The van der Waals surface area contributed by atoms with Crippen molar-refractivity contribution in [3.63, 3.8) is 0 Å². The van der Waals surface area contributed by atoms with Gasteiger partial charge >= 0.3 is 0 Å². The lowest BCUT2D eigenvalue weighted by Crippen LogP contribution is -2.34. The Morgan fingerprint density at radius 2 is 1.84 bits per heavy atom. The first kappa shape index (κ1) is 14.1. The molecule has 5 heteroatoms. The fourth-order valence-electron chi connectivity index (χ4n) is 2.21. The molecule has 5 nitrogen and oxygen atoms in total. The lowest BCUT2D eigenvalue weighted by atomic mass is 10.1. The second-order valence-electron chi connectivity index (χ2n) is 4.28. The molecular formula is C14H21NO4. The molecule has 0 aromatic heterocycles. The van der Waals surface area contributed by atoms with Crippen molar-refractivity contribution in [3.05, 3.63) is 23.8 Å². The number of likely N-dealkylation sites (N-methyl/N-ethyl adjacent to an activating group) is 1. The van der Waals surface area contributed by atoms with E-state index in [1.54, 1.807) is 14.2 Å². The van der Waals surface area contributed by atoms with Crippen LogP contribution in [0.5, 0.6) is 11.5 Å². The molecule has 1 aliphatic rings. The molecule has 19 heavy (non-hydrogen) atoms. The Morgan fingerprint density at radius 1 is 1.16 bits per heavy atom. The highest BCUT2D eigenvalue weighted by atomic mass is 16.7. The fourth-order valence-corrected chi connectivity index (χ4v) is 2.21. The smallest absolute Gasteiger partial charge is 0.176 e. The fraction of sp³-hybridized carbons (Fsp3) is 0.571. The van der Waals surface area contributed by atoms with E-state index in [4.69, 9.17) is 18.9 Å². The van der Waals surface area contributed by atoms with Gasteiger partial charge in [0.2, 0.25) is 0 Å². The standard InChI is InChI=1S/C14H21NO4/c1-4-15-13(14(16-2)17-3)10-5-6-11-12(9-10)19-8-7-18-11/h5-6,9,13-15H,4,7-8H2,1-3H3. The summed E-state index contributed by atoms with van der Waals surface area (Å²) in [5.74, 6) is 1.56. The highest BCUT2D eigenvalue weighted by Gasteiger charge is 2.24. The molecule has 1 aromatic rings. The SMILES string of the molecule is CCNC(c1ccc2c(c1)OCCO2)C(OC)OC. The predicted octanol–water partition coefficient (Wildman–Crippen LogP) is 1.73. The lowest BCUT2D eigenvalue weighted by Gasteiger charge is -2.27. The van der Waals surface area contributed by atoms with Crippen molar-refractivity contribution in [2.75, 3.05) is 34.0 Å². The first-order valence-electron chi connectivity index (χ1n) is 6.48. The summed E-state index contributed by atoms with van der Waals surface area (Å²) in [6.07, 6.45) is -0.345. The average molecular weight is 267 g/mol. The third-order valence-electron chi connectivity index (χ3n) is 3.09. The maximum Gasteiger partial charge on any atom is 0.176 e. The summed E-state index contributed by atoms with van der Waals surface area (Å²) in [6.45, 7) is 4.05. The van der Waals surface area contributed by atoms with E-state index in [1.165, 1.54) is 0 Å². The zero-order valence-corrected chi connectivity index (χ0v) is 11.6. The van der Waals surface area contributed by atoms with E-state index >= 15 is 0 Å². The van der Waals surface area contributed by atoms with E-state index in [-0.39, 0.29) is 12.3 Å². The minimum atomic E-state index is -0.345. The van der Waals surface area contributed by atoms with Crippen LogP contribution in [0, 0.1) is 0 Å². The van der Waals surface area contributed by atoms with Crippen LogP contribution in [0.4, 0.5) is 0 Å². The van der Waals surface area contributed by atoms with Crippen LogP contribution >= 0.6 is 0 Å². The Kier molecular flexibility index (Phi) is 5.01. The van der Waals surface area contributed by atoms with Crippen molar-refractivity contribution in [1.82, 2.24) is 5.32 Å². The molecule has 0 saturated carbocycles. The van der Waals surface area contributed by atoms with Gasteiger partial charge in [0.25, 0.3) is 0 Å². The molecule has 1 aromatic carbocycles. The van der Waals surface area contributed by atoms with Crippen molar-refractivity contribution in [3.8, 4) is 11.5 Å². The molecule has 106 valence electrons. The first-order valence-corrected chi connectivity index (χ1v) is 6.48. The quantitative estimate of drug-likeness (QED) is 0.795. The van der Waals surface area contributed by atoms with Crippen molar-refractivity contribution in [2.24, 2.45) is 0 Å². The van der Waals surface area contributed by atoms with Crippen molar-refractivity contribution in [2.45, 2.75) is 19.3 Å². The monoisotopic (exact) mass is 267 g/mol. The number of fused-ring (bicyclic) bond motifs is 1. The van der Waals surface area contributed by atoms with Gasteiger partial charge in [-0.3, -0.25) is 0 Å². The molecule has 0 saturated heterocycles. The van der Waals surface area contributed by atoms with Gasteiger partial charge in [0, 0.05) is 14.2 Å². The summed E-state index contributed by atoms with van der Waals surface area (Å²) in [5.41, 5.74) is 1.06. The van der Waals surface area contributed by atoms with Gasteiger partial charge in [-0.15, -0.1) is 0 Å². The molecule has 0 radical (unpaired) electrons. The Balaban J connectivity index is 2.25. The summed E-state index contributed by atoms with van der Waals surface area (Å²) in [4.78, 5) is 0. The summed E-state index contributed by atoms with van der Waals surface area (Å²) in [7, 11) is 3.27. The minimum Gasteiger partial charge on any atom is -0.486 e. The number of nitrogens with one attached hydrogen (secondary N) is 1. The molecular weight excluding hydrogens is 246 g/mol. The molecule has 0 fully saturated rings. The van der Waals surface area contributed by atoms with Crippen LogP contribution < -0.4 is 14.8 Å². The number of hydrogen-bond acceptors (Lipinski definition) is 5. The third kappa shape index (κ3) is 3.18. The Hall–Kier alpha value is -1.30. The van der Waals surface area contributed by atoms with Crippen molar-refractivity contribution >= 4 is 0 Å². The Bertz CT molecular complexity index is 406. The molecule has 1 N–H and O–H groups in total. The van der Waals surface area contributed by atoms with Crippen LogP contribution in [-0.2, 0) is 9.47 Å². The topological polar surface area (TPSA) is 49.0 Å². The second-order valence-corrected chi connectivity index (χ2v) is 4.28. The molecule has 1 atom stereocenters. The summed E-state index contributed by atoms with van der Waals surface area (Å²) in [6, 6.07) is 5.87. The van der Waals surface area contributed by atoms with Crippen LogP contribution in [0.15, 0.2) is 18.2 Å². The molecule has 0 aliphatic carbocycles. The third-order valence-corrected chi connectivity index (χ3v) is 3.09. The highest BCUT2D eigenvalue weighted by molar-refractivity contribution is 5.44. The van der Waals surface area contributed by atoms with Gasteiger partial charge in [0.1, 0.15) is 13.2 Å². The number of ether oxygens (including phenoxy) is 4. The average Bonchev–Trinajstić information content (AvgIpc) is 2.47. The van der Waals surface area contributed by atoms with Crippen LogP contribution in [0.25, 0.3) is 0 Å². The number of rotatable bonds is 6. The van der Waals surface area contributed by atoms with Gasteiger partial charge in [-0.25, -0.2) is 0 Å². The Morgan fingerprint density at radius 3 is 2.47 bits per heavy atom. The van der Waals surface area contributed by atoms with Crippen LogP contribution in [0.3, 0.4) is 0 Å². The maximum atomic E-state index is 5.61. The summed E-state index contributed by atoms with van der Waals surface area (Å²) in [5, 5.41) is 3.36. The van der Waals surface area contributed by atoms with Crippen LogP contribution in [0.2, 0.25) is 0 Å². The zero-order valence-electron chi connectivity index (χ0n) is 11.6. The zero-order chi connectivity index (χ0) is 13.7. The van der Waals surface area contributed by atoms with E-state index in [0.29, 0.717) is 13.2 Å². The van der Waals surface area contributed by atoms with E-state index in [2.05, 4.69) is 5.32 Å². The molecule has 0 spiro atoms. The molecule has 0 amide bonds.